The second-order valence-corrected chi connectivity index (χ2v) is 5.77. The first-order valence-corrected chi connectivity index (χ1v) is 7.60. The van der Waals surface area contributed by atoms with Crippen LogP contribution in [-0.4, -0.2) is 5.91 Å². The van der Waals surface area contributed by atoms with Gasteiger partial charge in [0.05, 0.1) is 6.04 Å². The summed E-state index contributed by atoms with van der Waals surface area (Å²) in [6.45, 7) is 3.84. The standard InChI is InChI=1S/C16H18FNOS/c1-3-5-14(15-6-4-9-20-15)18-16(19)13-8-7-12(17)10-11(13)2/h4,6-10,14H,3,5H2,1-2H3,(H,18,19). The van der Waals surface area contributed by atoms with Crippen LogP contribution in [0.2, 0.25) is 0 Å². The van der Waals surface area contributed by atoms with Gasteiger partial charge < -0.3 is 5.32 Å². The van der Waals surface area contributed by atoms with E-state index in [4.69, 9.17) is 0 Å². The molecule has 0 fully saturated rings. The molecular formula is C16H18FNOS. The Bertz CT molecular complexity index is 580. The summed E-state index contributed by atoms with van der Waals surface area (Å²) in [4.78, 5) is 13.5. The Morgan fingerprint density at radius 3 is 2.80 bits per heavy atom. The van der Waals surface area contributed by atoms with Gasteiger partial charge in [0.2, 0.25) is 0 Å². The second kappa shape index (κ2) is 6.66. The number of rotatable bonds is 5. The lowest BCUT2D eigenvalue weighted by molar-refractivity contribution is 0.0934. The van der Waals surface area contributed by atoms with Crippen LogP contribution < -0.4 is 5.32 Å². The molecule has 0 radical (unpaired) electrons. The summed E-state index contributed by atoms with van der Waals surface area (Å²) in [5.74, 6) is -0.461. The van der Waals surface area contributed by atoms with Crippen LogP contribution in [0.3, 0.4) is 0 Å². The zero-order valence-electron chi connectivity index (χ0n) is 11.7. The molecule has 0 saturated carbocycles. The highest BCUT2D eigenvalue weighted by molar-refractivity contribution is 7.10. The molecule has 0 aliphatic heterocycles. The van der Waals surface area contributed by atoms with Gasteiger partial charge >= 0.3 is 0 Å². The van der Waals surface area contributed by atoms with E-state index in [9.17, 15) is 9.18 Å². The predicted molar refractivity (Wildman–Crippen MR) is 80.6 cm³/mol. The summed E-state index contributed by atoms with van der Waals surface area (Å²) in [5.41, 5.74) is 1.19. The van der Waals surface area contributed by atoms with Gasteiger partial charge in [-0.3, -0.25) is 4.79 Å². The molecule has 0 aliphatic rings. The van der Waals surface area contributed by atoms with Crippen molar-refractivity contribution >= 4 is 17.2 Å². The highest BCUT2D eigenvalue weighted by Gasteiger charge is 2.17. The summed E-state index contributed by atoms with van der Waals surface area (Å²) in [7, 11) is 0. The van der Waals surface area contributed by atoms with Crippen molar-refractivity contribution in [2.45, 2.75) is 32.7 Å². The Labute approximate surface area is 122 Å². The fourth-order valence-electron chi connectivity index (χ4n) is 2.18. The normalized spacial score (nSPS) is 12.2. The Balaban J connectivity index is 2.16. The Kier molecular flexibility index (Phi) is 4.90. The van der Waals surface area contributed by atoms with Gasteiger partial charge in [-0.05, 0) is 48.6 Å². The molecule has 2 aromatic rings. The fourth-order valence-corrected chi connectivity index (χ4v) is 2.99. The first-order chi connectivity index (χ1) is 9.61. The molecule has 1 N–H and O–H groups in total. The predicted octanol–water partition coefficient (Wildman–Crippen LogP) is 4.47. The SMILES string of the molecule is CCCC(NC(=O)c1ccc(F)cc1C)c1cccs1. The lowest BCUT2D eigenvalue weighted by Gasteiger charge is -2.17. The molecule has 20 heavy (non-hydrogen) atoms. The number of hydrogen-bond acceptors (Lipinski definition) is 2. The quantitative estimate of drug-likeness (QED) is 0.865. The van der Waals surface area contributed by atoms with Crippen molar-refractivity contribution in [2.24, 2.45) is 0 Å². The molecule has 1 heterocycles. The summed E-state index contributed by atoms with van der Waals surface area (Å²) >= 11 is 1.64. The molecule has 106 valence electrons. The summed E-state index contributed by atoms with van der Waals surface area (Å²) in [6.07, 6.45) is 1.89. The van der Waals surface area contributed by atoms with Crippen molar-refractivity contribution < 1.29 is 9.18 Å². The van der Waals surface area contributed by atoms with Crippen molar-refractivity contribution in [3.8, 4) is 0 Å². The smallest absolute Gasteiger partial charge is 0.252 e. The molecule has 2 nitrogen and oxygen atoms in total. The lowest BCUT2D eigenvalue weighted by Crippen LogP contribution is -2.28. The molecular weight excluding hydrogens is 273 g/mol. The molecule has 2 rings (SSSR count). The van der Waals surface area contributed by atoms with Crippen LogP contribution in [-0.2, 0) is 0 Å². The van der Waals surface area contributed by atoms with Gasteiger partial charge in [-0.25, -0.2) is 4.39 Å². The largest absolute Gasteiger partial charge is 0.344 e. The third-order valence-corrected chi connectivity index (χ3v) is 4.19. The molecule has 0 saturated heterocycles. The number of halogens is 1. The van der Waals surface area contributed by atoms with E-state index in [0.717, 1.165) is 17.7 Å². The van der Waals surface area contributed by atoms with E-state index in [2.05, 4.69) is 12.2 Å². The monoisotopic (exact) mass is 291 g/mol. The Morgan fingerprint density at radius 1 is 1.40 bits per heavy atom. The zero-order chi connectivity index (χ0) is 14.5. The van der Waals surface area contributed by atoms with E-state index in [1.54, 1.807) is 18.3 Å². The van der Waals surface area contributed by atoms with E-state index >= 15 is 0 Å². The van der Waals surface area contributed by atoms with Crippen LogP contribution in [0.1, 0.15) is 46.6 Å². The first kappa shape index (κ1) is 14.7. The lowest BCUT2D eigenvalue weighted by atomic mass is 10.1. The highest BCUT2D eigenvalue weighted by atomic mass is 32.1. The Hall–Kier alpha value is -1.68. The van der Waals surface area contributed by atoms with Crippen molar-refractivity contribution in [3.63, 3.8) is 0 Å². The summed E-state index contributed by atoms with van der Waals surface area (Å²) in [5, 5.41) is 5.05. The van der Waals surface area contributed by atoms with Gasteiger partial charge in [0.1, 0.15) is 5.82 Å². The van der Waals surface area contributed by atoms with Gasteiger partial charge in [0.25, 0.3) is 5.91 Å². The van der Waals surface area contributed by atoms with E-state index in [-0.39, 0.29) is 17.8 Å². The molecule has 1 aromatic carbocycles. The minimum atomic E-state index is -0.317. The molecule has 1 unspecified atom stereocenters. The highest BCUT2D eigenvalue weighted by Crippen LogP contribution is 2.24. The van der Waals surface area contributed by atoms with Crippen LogP contribution in [0.4, 0.5) is 4.39 Å². The van der Waals surface area contributed by atoms with Crippen molar-refractivity contribution in [1.82, 2.24) is 5.32 Å². The molecule has 1 aromatic heterocycles. The van der Waals surface area contributed by atoms with Crippen LogP contribution in [0, 0.1) is 12.7 Å². The average molecular weight is 291 g/mol. The van der Waals surface area contributed by atoms with Gasteiger partial charge in [0.15, 0.2) is 0 Å². The second-order valence-electron chi connectivity index (χ2n) is 4.79. The molecule has 0 aliphatic carbocycles. The number of aryl methyl sites for hydroxylation is 1. The first-order valence-electron chi connectivity index (χ1n) is 6.72. The minimum absolute atomic E-state index is 0.0250. The summed E-state index contributed by atoms with van der Waals surface area (Å²) in [6, 6.07) is 8.28. The molecule has 0 bridgehead atoms. The molecule has 0 spiro atoms. The molecule has 1 amide bonds. The third-order valence-electron chi connectivity index (χ3n) is 3.20. The maximum atomic E-state index is 13.1. The van der Waals surface area contributed by atoms with Crippen LogP contribution >= 0.6 is 11.3 Å². The number of carbonyl (C=O) groups excluding carboxylic acids is 1. The van der Waals surface area contributed by atoms with Gasteiger partial charge in [-0.2, -0.15) is 0 Å². The van der Waals surface area contributed by atoms with Crippen molar-refractivity contribution in [2.75, 3.05) is 0 Å². The minimum Gasteiger partial charge on any atom is -0.344 e. The van der Waals surface area contributed by atoms with E-state index in [0.29, 0.717) is 11.1 Å². The van der Waals surface area contributed by atoms with Crippen LogP contribution in [0.25, 0.3) is 0 Å². The van der Waals surface area contributed by atoms with Crippen molar-refractivity contribution in [3.05, 3.63) is 57.5 Å². The van der Waals surface area contributed by atoms with E-state index < -0.39 is 0 Å². The number of amides is 1. The topological polar surface area (TPSA) is 29.1 Å². The average Bonchev–Trinajstić information content (AvgIpc) is 2.91. The van der Waals surface area contributed by atoms with Crippen LogP contribution in [0.5, 0.6) is 0 Å². The Morgan fingerprint density at radius 2 is 2.20 bits per heavy atom. The van der Waals surface area contributed by atoms with E-state index in [1.807, 2.05) is 17.5 Å². The number of nitrogens with one attached hydrogen (secondary N) is 1. The maximum absolute atomic E-state index is 13.1. The molecule has 1 atom stereocenters. The summed E-state index contributed by atoms with van der Waals surface area (Å²) < 4.78 is 13.1. The zero-order valence-corrected chi connectivity index (χ0v) is 12.5. The fraction of sp³-hybridized carbons (Fsp3) is 0.312. The maximum Gasteiger partial charge on any atom is 0.252 e. The van der Waals surface area contributed by atoms with Crippen molar-refractivity contribution in [1.29, 1.82) is 0 Å². The number of hydrogen-bond donors (Lipinski definition) is 1. The number of benzene rings is 1. The third kappa shape index (κ3) is 3.45. The number of carbonyl (C=O) groups is 1. The van der Waals surface area contributed by atoms with Gasteiger partial charge in [0, 0.05) is 10.4 Å². The number of thiophene rings is 1. The van der Waals surface area contributed by atoms with E-state index in [1.165, 1.54) is 18.2 Å². The van der Waals surface area contributed by atoms with Gasteiger partial charge in [-0.1, -0.05) is 19.4 Å². The molecule has 4 heteroatoms. The van der Waals surface area contributed by atoms with Gasteiger partial charge in [-0.15, -0.1) is 11.3 Å². The van der Waals surface area contributed by atoms with Crippen LogP contribution in [0.15, 0.2) is 35.7 Å².